The first-order chi connectivity index (χ1) is 8.70. The van der Waals surface area contributed by atoms with E-state index in [0.717, 1.165) is 11.3 Å². The fourth-order valence-corrected chi connectivity index (χ4v) is 3.71. The van der Waals surface area contributed by atoms with Crippen LogP contribution >= 0.6 is 0 Å². The lowest BCUT2D eigenvalue weighted by Crippen LogP contribution is -2.50. The first kappa shape index (κ1) is 12.0. The van der Waals surface area contributed by atoms with E-state index in [1.54, 1.807) is 6.07 Å². The first-order valence-corrected chi connectivity index (χ1v) is 7.22. The number of hydrogen-bond acceptors (Lipinski definition) is 1. The highest BCUT2D eigenvalue weighted by Gasteiger charge is 2.46. The zero-order chi connectivity index (χ0) is 12.6. The highest BCUT2D eigenvalue weighted by atomic mass is 19.1. The summed E-state index contributed by atoms with van der Waals surface area (Å²) in [6.45, 7) is 1.83. The van der Waals surface area contributed by atoms with Crippen LogP contribution in [0.5, 0.6) is 0 Å². The molecular weight excluding hydrogens is 225 g/mol. The maximum atomic E-state index is 13.3. The minimum atomic E-state index is -0.110. The average Bonchev–Trinajstić information content (AvgIpc) is 2.40. The van der Waals surface area contributed by atoms with Gasteiger partial charge in [0.1, 0.15) is 5.82 Å². The predicted molar refractivity (Wildman–Crippen MR) is 73.3 cm³/mol. The van der Waals surface area contributed by atoms with E-state index >= 15 is 0 Å². The highest BCUT2D eigenvalue weighted by Crippen LogP contribution is 2.52. The Morgan fingerprint density at radius 3 is 2.56 bits per heavy atom. The Labute approximate surface area is 109 Å². The van der Waals surface area contributed by atoms with E-state index in [-0.39, 0.29) is 5.82 Å². The summed E-state index contributed by atoms with van der Waals surface area (Å²) >= 11 is 0. The molecule has 2 fully saturated rings. The number of hydrogen-bond donors (Lipinski definition) is 1. The Morgan fingerprint density at radius 2 is 1.94 bits per heavy atom. The van der Waals surface area contributed by atoms with E-state index in [1.165, 1.54) is 44.9 Å². The van der Waals surface area contributed by atoms with Gasteiger partial charge in [0.05, 0.1) is 0 Å². The Bertz CT molecular complexity index is 435. The van der Waals surface area contributed by atoms with Crippen LogP contribution in [0.15, 0.2) is 18.2 Å². The van der Waals surface area contributed by atoms with Gasteiger partial charge in [0.15, 0.2) is 0 Å². The largest absolute Gasteiger partial charge is 0.382 e. The molecule has 1 unspecified atom stereocenters. The number of anilines is 1. The molecule has 2 saturated carbocycles. The molecule has 1 nitrogen and oxygen atoms in total. The molecule has 2 aliphatic rings. The van der Waals surface area contributed by atoms with Gasteiger partial charge in [-0.15, -0.1) is 0 Å². The molecule has 0 aliphatic heterocycles. The summed E-state index contributed by atoms with van der Waals surface area (Å²) in [4.78, 5) is 0. The number of halogens is 1. The van der Waals surface area contributed by atoms with E-state index in [2.05, 4.69) is 5.32 Å². The van der Waals surface area contributed by atoms with E-state index in [4.69, 9.17) is 0 Å². The van der Waals surface area contributed by atoms with Crippen molar-refractivity contribution in [1.82, 2.24) is 0 Å². The van der Waals surface area contributed by atoms with Gasteiger partial charge < -0.3 is 5.32 Å². The summed E-state index contributed by atoms with van der Waals surface area (Å²) in [6, 6.07) is 5.99. The zero-order valence-electron chi connectivity index (χ0n) is 11.1. The van der Waals surface area contributed by atoms with Crippen molar-refractivity contribution in [2.24, 2.45) is 5.41 Å². The quantitative estimate of drug-likeness (QED) is 0.801. The van der Waals surface area contributed by atoms with Crippen LogP contribution in [0.4, 0.5) is 10.1 Å². The second kappa shape index (κ2) is 4.56. The van der Waals surface area contributed by atoms with E-state index in [9.17, 15) is 4.39 Å². The minimum Gasteiger partial charge on any atom is -0.382 e. The summed E-state index contributed by atoms with van der Waals surface area (Å²) in [6.07, 6.45) is 9.60. The molecular formula is C16H22FN. The van der Waals surface area contributed by atoms with Crippen LogP contribution in [-0.2, 0) is 0 Å². The molecule has 0 saturated heterocycles. The Morgan fingerprint density at radius 1 is 1.17 bits per heavy atom. The third-order valence-electron chi connectivity index (χ3n) is 5.02. The number of nitrogens with one attached hydrogen (secondary N) is 1. The lowest BCUT2D eigenvalue weighted by atomic mass is 9.57. The van der Waals surface area contributed by atoms with Crippen LogP contribution in [0.2, 0.25) is 0 Å². The third-order valence-corrected chi connectivity index (χ3v) is 5.02. The van der Waals surface area contributed by atoms with E-state index in [0.29, 0.717) is 11.5 Å². The number of benzene rings is 1. The molecule has 0 aromatic heterocycles. The second-order valence-corrected chi connectivity index (χ2v) is 6.12. The van der Waals surface area contributed by atoms with Crippen molar-refractivity contribution < 1.29 is 4.39 Å². The van der Waals surface area contributed by atoms with Crippen molar-refractivity contribution in [3.8, 4) is 0 Å². The Hall–Kier alpha value is -1.05. The molecule has 1 N–H and O–H groups in total. The van der Waals surface area contributed by atoms with Crippen LogP contribution in [0.25, 0.3) is 0 Å². The highest BCUT2D eigenvalue weighted by molar-refractivity contribution is 5.47. The summed E-state index contributed by atoms with van der Waals surface area (Å²) in [5, 5.41) is 3.64. The van der Waals surface area contributed by atoms with E-state index < -0.39 is 0 Å². The smallest absolute Gasteiger partial charge is 0.126 e. The van der Waals surface area contributed by atoms with Gasteiger partial charge in [-0.05, 0) is 61.8 Å². The van der Waals surface area contributed by atoms with Crippen LogP contribution in [0.3, 0.4) is 0 Å². The second-order valence-electron chi connectivity index (χ2n) is 6.12. The molecule has 1 aromatic carbocycles. The van der Waals surface area contributed by atoms with Gasteiger partial charge in [0.25, 0.3) is 0 Å². The van der Waals surface area contributed by atoms with Gasteiger partial charge >= 0.3 is 0 Å². The Balaban J connectivity index is 1.70. The fraction of sp³-hybridized carbons (Fsp3) is 0.625. The Kier molecular flexibility index (Phi) is 3.04. The maximum Gasteiger partial charge on any atom is 0.126 e. The summed E-state index contributed by atoms with van der Waals surface area (Å²) < 4.78 is 13.3. The average molecular weight is 247 g/mol. The fourth-order valence-electron chi connectivity index (χ4n) is 3.71. The van der Waals surface area contributed by atoms with Gasteiger partial charge in [-0.25, -0.2) is 4.39 Å². The monoisotopic (exact) mass is 247 g/mol. The summed E-state index contributed by atoms with van der Waals surface area (Å²) in [7, 11) is 0. The van der Waals surface area contributed by atoms with Crippen LogP contribution < -0.4 is 5.32 Å². The van der Waals surface area contributed by atoms with Crippen LogP contribution in [0.1, 0.15) is 50.5 Å². The molecule has 0 bridgehead atoms. The lowest BCUT2D eigenvalue weighted by Gasteiger charge is -2.52. The standard InChI is InChI=1S/C16H22FN/c1-12-11-13(5-6-14(12)17)18-15-7-10-16(15)8-3-2-4-9-16/h5-6,11,15,18H,2-4,7-10H2,1H3. The van der Waals surface area contributed by atoms with E-state index in [1.807, 2.05) is 19.1 Å². The van der Waals surface area contributed by atoms with Gasteiger partial charge in [0.2, 0.25) is 0 Å². The summed E-state index contributed by atoms with van der Waals surface area (Å²) in [5.74, 6) is -0.110. The SMILES string of the molecule is Cc1cc(NC2CCC23CCCCC3)ccc1F. The maximum absolute atomic E-state index is 13.3. The molecule has 0 radical (unpaired) electrons. The molecule has 3 rings (SSSR count). The normalized spacial score (nSPS) is 25.8. The van der Waals surface area contributed by atoms with Gasteiger partial charge in [0, 0.05) is 11.7 Å². The molecule has 18 heavy (non-hydrogen) atoms. The van der Waals surface area contributed by atoms with Gasteiger partial charge in [-0.2, -0.15) is 0 Å². The number of rotatable bonds is 2. The van der Waals surface area contributed by atoms with Crippen molar-refractivity contribution in [3.05, 3.63) is 29.6 Å². The van der Waals surface area contributed by atoms with Crippen LogP contribution in [-0.4, -0.2) is 6.04 Å². The minimum absolute atomic E-state index is 0.110. The zero-order valence-corrected chi connectivity index (χ0v) is 11.1. The van der Waals surface area contributed by atoms with Gasteiger partial charge in [-0.3, -0.25) is 0 Å². The molecule has 0 amide bonds. The van der Waals surface area contributed by atoms with Crippen molar-refractivity contribution in [3.63, 3.8) is 0 Å². The lowest BCUT2D eigenvalue weighted by molar-refractivity contribution is 0.0571. The van der Waals surface area contributed by atoms with Crippen molar-refractivity contribution in [1.29, 1.82) is 0 Å². The first-order valence-electron chi connectivity index (χ1n) is 7.22. The summed E-state index contributed by atoms with van der Waals surface area (Å²) in [5.41, 5.74) is 2.38. The molecule has 1 spiro atoms. The molecule has 1 aromatic rings. The van der Waals surface area contributed by atoms with Gasteiger partial charge in [-0.1, -0.05) is 19.3 Å². The third kappa shape index (κ3) is 2.02. The molecule has 2 aliphatic carbocycles. The number of aryl methyl sites for hydroxylation is 1. The van der Waals surface area contributed by atoms with Crippen LogP contribution in [0, 0.1) is 18.2 Å². The topological polar surface area (TPSA) is 12.0 Å². The molecule has 0 heterocycles. The van der Waals surface area contributed by atoms with Crippen molar-refractivity contribution in [2.45, 2.75) is 57.9 Å². The predicted octanol–water partition coefficient (Wildman–Crippen LogP) is 4.66. The molecule has 98 valence electrons. The van der Waals surface area contributed by atoms with Crippen molar-refractivity contribution >= 4 is 5.69 Å². The molecule has 1 atom stereocenters. The molecule has 2 heteroatoms. The van der Waals surface area contributed by atoms with Crippen molar-refractivity contribution in [2.75, 3.05) is 5.32 Å².